The number of carbonyl (C=O) groups excluding carboxylic acids is 1. The van der Waals surface area contributed by atoms with Crippen LogP contribution in [0, 0.1) is 20.8 Å². The number of benzene rings is 3. The van der Waals surface area contributed by atoms with Crippen molar-refractivity contribution in [2.75, 3.05) is 18.2 Å². The van der Waals surface area contributed by atoms with E-state index in [1.54, 1.807) is 17.8 Å². The van der Waals surface area contributed by atoms with Crippen LogP contribution in [-0.2, 0) is 4.79 Å². The second-order valence-electron chi connectivity index (χ2n) is 8.70. The van der Waals surface area contributed by atoms with Crippen LogP contribution in [0.25, 0.3) is 27.7 Å². The van der Waals surface area contributed by atoms with E-state index < -0.39 is 0 Å². The largest absolute Gasteiger partial charge is 0.493 e. The van der Waals surface area contributed by atoms with Crippen molar-refractivity contribution in [3.05, 3.63) is 83.1 Å². The van der Waals surface area contributed by atoms with Gasteiger partial charge >= 0.3 is 0 Å². The van der Waals surface area contributed by atoms with Gasteiger partial charge < -0.3 is 14.5 Å². The smallest absolute Gasteiger partial charge is 0.248 e. The Labute approximate surface area is 211 Å². The van der Waals surface area contributed by atoms with E-state index in [0.717, 1.165) is 55.1 Å². The van der Waals surface area contributed by atoms with Crippen LogP contribution in [0.2, 0.25) is 0 Å². The number of amides is 1. The van der Waals surface area contributed by atoms with E-state index in [-0.39, 0.29) is 5.91 Å². The zero-order chi connectivity index (χ0) is 25.1. The molecule has 1 heterocycles. The van der Waals surface area contributed by atoms with Gasteiger partial charge in [-0.1, -0.05) is 29.8 Å². The summed E-state index contributed by atoms with van der Waals surface area (Å²) in [7, 11) is 0. The Balaban J connectivity index is 1.78. The van der Waals surface area contributed by atoms with Crippen molar-refractivity contribution in [2.45, 2.75) is 39.5 Å². The van der Waals surface area contributed by atoms with Crippen molar-refractivity contribution in [1.82, 2.24) is 0 Å². The highest BCUT2D eigenvalue weighted by molar-refractivity contribution is 7.98. The van der Waals surface area contributed by atoms with Gasteiger partial charge in [-0.15, -0.1) is 11.8 Å². The fourth-order valence-electron chi connectivity index (χ4n) is 4.42. The lowest BCUT2D eigenvalue weighted by molar-refractivity contribution is -0.111. The van der Waals surface area contributed by atoms with Crippen LogP contribution in [0.15, 0.2) is 70.2 Å². The van der Waals surface area contributed by atoms with Crippen LogP contribution >= 0.6 is 11.8 Å². The number of thioether (sulfide) groups is 1. The lowest BCUT2D eigenvalue weighted by Gasteiger charge is -2.15. The Morgan fingerprint density at radius 3 is 2.60 bits per heavy atom. The molecule has 0 unspecified atom stereocenters. The van der Waals surface area contributed by atoms with Crippen LogP contribution in [0.4, 0.5) is 5.69 Å². The second-order valence-corrected chi connectivity index (χ2v) is 9.58. The molecule has 3 aromatic carbocycles. The third-order valence-corrected chi connectivity index (χ3v) is 6.84. The van der Waals surface area contributed by atoms with Crippen LogP contribution in [0.5, 0.6) is 5.75 Å². The molecule has 4 nitrogen and oxygen atoms in total. The third kappa shape index (κ3) is 5.15. The Bertz CT molecular complexity index is 1430. The molecule has 180 valence electrons. The molecule has 0 radical (unpaired) electrons. The number of nitrogens with one attached hydrogen (secondary N) is 1. The van der Waals surface area contributed by atoms with Gasteiger partial charge in [-0.2, -0.15) is 0 Å². The SMILES string of the molecule is CCOc1c(/C(C)=C/C(=O)Nc2cccc(SC)c2)cc2c(-c3ccc(C)cc3C)coc2c1C. The number of rotatable bonds is 7. The number of allylic oxidation sites excluding steroid dienone is 1. The molecule has 0 fully saturated rings. The highest BCUT2D eigenvalue weighted by Crippen LogP contribution is 2.41. The van der Waals surface area contributed by atoms with Crippen molar-refractivity contribution in [2.24, 2.45) is 0 Å². The maximum absolute atomic E-state index is 12.9. The average molecular weight is 486 g/mol. The topological polar surface area (TPSA) is 51.5 Å². The fraction of sp³-hybridized carbons (Fsp3) is 0.233. The van der Waals surface area contributed by atoms with E-state index >= 15 is 0 Å². The highest BCUT2D eigenvalue weighted by Gasteiger charge is 2.20. The van der Waals surface area contributed by atoms with Gasteiger partial charge in [-0.25, -0.2) is 0 Å². The van der Waals surface area contributed by atoms with Crippen LogP contribution in [0.1, 0.15) is 36.1 Å². The summed E-state index contributed by atoms with van der Waals surface area (Å²) in [6.45, 7) is 10.6. The predicted octanol–water partition coefficient (Wildman–Crippen LogP) is 8.19. The van der Waals surface area contributed by atoms with Gasteiger partial charge in [0.05, 0.1) is 12.9 Å². The van der Waals surface area contributed by atoms with Crippen molar-refractivity contribution < 1.29 is 13.9 Å². The molecule has 5 heteroatoms. The van der Waals surface area contributed by atoms with E-state index in [9.17, 15) is 4.79 Å². The summed E-state index contributed by atoms with van der Waals surface area (Å²) in [6, 6.07) is 16.3. The molecule has 4 aromatic rings. The summed E-state index contributed by atoms with van der Waals surface area (Å²) in [6.07, 6.45) is 5.46. The van der Waals surface area contributed by atoms with E-state index in [1.807, 2.05) is 57.6 Å². The first-order valence-corrected chi connectivity index (χ1v) is 12.9. The Morgan fingerprint density at radius 1 is 1.09 bits per heavy atom. The summed E-state index contributed by atoms with van der Waals surface area (Å²) in [5, 5.41) is 3.99. The second kappa shape index (κ2) is 10.4. The summed E-state index contributed by atoms with van der Waals surface area (Å²) >= 11 is 1.64. The van der Waals surface area contributed by atoms with Crippen molar-refractivity contribution >= 4 is 39.9 Å². The summed E-state index contributed by atoms with van der Waals surface area (Å²) in [5.41, 5.74) is 8.81. The first-order valence-electron chi connectivity index (χ1n) is 11.7. The molecule has 35 heavy (non-hydrogen) atoms. The molecule has 0 spiro atoms. The predicted molar refractivity (Wildman–Crippen MR) is 148 cm³/mol. The first kappa shape index (κ1) is 24.7. The number of hydrogen-bond acceptors (Lipinski definition) is 4. The van der Waals surface area contributed by atoms with E-state index in [4.69, 9.17) is 9.15 Å². The summed E-state index contributed by atoms with van der Waals surface area (Å²) in [4.78, 5) is 14.0. The number of furan rings is 1. The van der Waals surface area contributed by atoms with Crippen LogP contribution < -0.4 is 10.1 Å². The lowest BCUT2D eigenvalue weighted by Crippen LogP contribution is -2.09. The van der Waals surface area contributed by atoms with Gasteiger partial charge in [-0.3, -0.25) is 4.79 Å². The molecule has 0 saturated carbocycles. The minimum atomic E-state index is -0.178. The monoisotopic (exact) mass is 485 g/mol. The summed E-state index contributed by atoms with van der Waals surface area (Å²) in [5.74, 6) is 0.565. The fourth-order valence-corrected chi connectivity index (χ4v) is 4.88. The molecule has 0 aliphatic carbocycles. The number of fused-ring (bicyclic) bond motifs is 1. The maximum atomic E-state index is 12.9. The van der Waals surface area contributed by atoms with Gasteiger partial charge in [-0.05, 0) is 81.8 Å². The Hall–Kier alpha value is -3.44. The van der Waals surface area contributed by atoms with Gasteiger partial charge in [0.15, 0.2) is 0 Å². The van der Waals surface area contributed by atoms with Crippen molar-refractivity contribution in [1.29, 1.82) is 0 Å². The standard InChI is InChI=1S/C30H31NO3S/c1-7-33-29-21(5)30-26(27(17-34-30)24-12-11-18(2)13-19(24)3)16-25(29)20(4)14-28(32)31-22-9-8-10-23(15-22)35-6/h8-17H,7H2,1-6H3,(H,31,32)/b20-14+. The molecule has 0 bridgehead atoms. The van der Waals surface area contributed by atoms with E-state index in [0.29, 0.717) is 6.61 Å². The highest BCUT2D eigenvalue weighted by atomic mass is 32.2. The zero-order valence-corrected chi connectivity index (χ0v) is 21.9. The molecular weight excluding hydrogens is 454 g/mol. The number of carbonyl (C=O) groups is 1. The molecular formula is C30H31NO3S. The number of anilines is 1. The van der Waals surface area contributed by atoms with Crippen molar-refractivity contribution in [3.63, 3.8) is 0 Å². The number of hydrogen-bond donors (Lipinski definition) is 1. The third-order valence-electron chi connectivity index (χ3n) is 6.11. The zero-order valence-electron chi connectivity index (χ0n) is 21.1. The molecule has 4 rings (SSSR count). The normalized spacial score (nSPS) is 11.7. The molecule has 0 aliphatic heterocycles. The first-order chi connectivity index (χ1) is 16.8. The molecule has 0 aliphatic rings. The number of aryl methyl sites for hydroxylation is 3. The molecule has 0 saturated heterocycles. The van der Waals surface area contributed by atoms with Crippen LogP contribution in [-0.4, -0.2) is 18.8 Å². The quantitative estimate of drug-likeness (QED) is 0.212. The van der Waals surface area contributed by atoms with Gasteiger partial charge in [0.2, 0.25) is 5.91 Å². The van der Waals surface area contributed by atoms with Gasteiger partial charge in [0.25, 0.3) is 0 Å². The molecule has 0 atom stereocenters. The van der Waals surface area contributed by atoms with E-state index in [2.05, 4.69) is 43.4 Å². The maximum Gasteiger partial charge on any atom is 0.248 e. The Kier molecular flexibility index (Phi) is 7.37. The van der Waals surface area contributed by atoms with E-state index in [1.165, 1.54) is 11.1 Å². The van der Waals surface area contributed by atoms with Gasteiger partial charge in [0.1, 0.15) is 11.3 Å². The van der Waals surface area contributed by atoms with Crippen LogP contribution in [0.3, 0.4) is 0 Å². The lowest BCUT2D eigenvalue weighted by atomic mass is 9.94. The Morgan fingerprint density at radius 2 is 1.89 bits per heavy atom. The molecule has 1 aromatic heterocycles. The summed E-state index contributed by atoms with van der Waals surface area (Å²) < 4.78 is 12.1. The minimum Gasteiger partial charge on any atom is -0.493 e. The molecule has 1 N–H and O–H groups in total. The molecule has 1 amide bonds. The van der Waals surface area contributed by atoms with Crippen molar-refractivity contribution in [3.8, 4) is 16.9 Å². The number of ether oxygens (including phenoxy) is 1. The minimum absolute atomic E-state index is 0.178. The average Bonchev–Trinajstić information content (AvgIpc) is 3.24. The van der Waals surface area contributed by atoms with Gasteiger partial charge in [0, 0.05) is 38.7 Å².